The Balaban J connectivity index is 1.52. The molecule has 0 aliphatic carbocycles. The first-order valence-corrected chi connectivity index (χ1v) is 13.9. The molecule has 1 N–H and O–H groups in total. The summed E-state index contributed by atoms with van der Waals surface area (Å²) in [5.74, 6) is -0.522. The minimum Gasteiger partial charge on any atom is -0.302 e. The topological polar surface area (TPSA) is 79.4 Å². The van der Waals surface area contributed by atoms with E-state index in [2.05, 4.69) is 48.6 Å². The number of rotatable bonds is 7. The van der Waals surface area contributed by atoms with Crippen LogP contribution in [0.2, 0.25) is 0 Å². The third-order valence-corrected chi connectivity index (χ3v) is 8.19. The molecule has 1 amide bonds. The zero-order chi connectivity index (χ0) is 23.4. The van der Waals surface area contributed by atoms with Crippen LogP contribution in [0.3, 0.4) is 0 Å². The molecule has 0 saturated carbocycles. The lowest BCUT2D eigenvalue weighted by Gasteiger charge is -2.29. The van der Waals surface area contributed by atoms with Gasteiger partial charge in [-0.15, -0.1) is 11.3 Å². The van der Waals surface area contributed by atoms with Crippen LogP contribution in [0, 0.1) is 5.92 Å². The summed E-state index contributed by atoms with van der Waals surface area (Å²) in [4.78, 5) is 18.8. The van der Waals surface area contributed by atoms with E-state index in [0.717, 1.165) is 34.5 Å². The normalized spacial score (nSPS) is 17.1. The van der Waals surface area contributed by atoms with Crippen LogP contribution < -0.4 is 5.32 Å². The van der Waals surface area contributed by atoms with E-state index >= 15 is 0 Å². The standard InChI is InChI=1S/C25H29N3O3S2/c1-3-8-22-23(20-14-12-19(13-15-20)18-9-5-4-6-10-18)26-25(32-22)27-24(29)21-11-7-16-28(17-21)33(2,30)31/h4-6,9-10,12-15,21H,3,7-8,11,16-17H2,1-2H3,(H,26,27,29). The van der Waals surface area contributed by atoms with Crippen LogP contribution in [0.1, 0.15) is 31.1 Å². The van der Waals surface area contributed by atoms with Crippen molar-refractivity contribution in [1.82, 2.24) is 9.29 Å². The summed E-state index contributed by atoms with van der Waals surface area (Å²) in [6, 6.07) is 18.6. The van der Waals surface area contributed by atoms with Gasteiger partial charge in [-0.1, -0.05) is 67.9 Å². The molecule has 1 aliphatic rings. The third kappa shape index (κ3) is 5.69. The maximum atomic E-state index is 12.9. The van der Waals surface area contributed by atoms with E-state index in [1.807, 2.05) is 18.2 Å². The fraction of sp³-hybridized carbons (Fsp3) is 0.360. The molecule has 33 heavy (non-hydrogen) atoms. The summed E-state index contributed by atoms with van der Waals surface area (Å²) in [7, 11) is -3.29. The average Bonchev–Trinajstić information content (AvgIpc) is 3.21. The zero-order valence-corrected chi connectivity index (χ0v) is 20.6. The Kier molecular flexibility index (Phi) is 7.26. The Bertz CT molecular complexity index is 1210. The molecule has 1 atom stereocenters. The largest absolute Gasteiger partial charge is 0.302 e. The van der Waals surface area contributed by atoms with Crippen molar-refractivity contribution in [1.29, 1.82) is 0 Å². The van der Waals surface area contributed by atoms with Gasteiger partial charge < -0.3 is 5.32 Å². The molecular formula is C25H29N3O3S2. The molecule has 1 aliphatic heterocycles. The summed E-state index contributed by atoms with van der Waals surface area (Å²) < 4.78 is 25.2. The summed E-state index contributed by atoms with van der Waals surface area (Å²) in [6.07, 6.45) is 4.42. The van der Waals surface area contributed by atoms with E-state index in [9.17, 15) is 13.2 Å². The highest BCUT2D eigenvalue weighted by atomic mass is 32.2. The number of hydrogen-bond acceptors (Lipinski definition) is 5. The van der Waals surface area contributed by atoms with Gasteiger partial charge in [0, 0.05) is 23.5 Å². The SMILES string of the molecule is CCCc1sc(NC(=O)C2CCCN(S(C)(=O)=O)C2)nc1-c1ccc(-c2ccccc2)cc1. The molecule has 1 fully saturated rings. The first-order valence-electron chi connectivity index (χ1n) is 11.3. The predicted octanol–water partition coefficient (Wildman–Crippen LogP) is 5.04. The van der Waals surface area contributed by atoms with Crippen LogP contribution >= 0.6 is 11.3 Å². The maximum Gasteiger partial charge on any atom is 0.230 e. The Morgan fingerprint density at radius 1 is 1.09 bits per heavy atom. The van der Waals surface area contributed by atoms with Crippen LogP contribution in [-0.4, -0.2) is 43.0 Å². The predicted molar refractivity (Wildman–Crippen MR) is 135 cm³/mol. The molecule has 0 radical (unpaired) electrons. The highest BCUT2D eigenvalue weighted by molar-refractivity contribution is 7.88. The monoisotopic (exact) mass is 483 g/mol. The number of benzene rings is 2. The molecular weight excluding hydrogens is 454 g/mol. The Hall–Kier alpha value is -2.55. The van der Waals surface area contributed by atoms with Gasteiger partial charge in [0.15, 0.2) is 5.13 Å². The molecule has 1 aromatic heterocycles. The second-order valence-corrected chi connectivity index (χ2v) is 11.5. The van der Waals surface area contributed by atoms with E-state index in [1.165, 1.54) is 27.5 Å². The van der Waals surface area contributed by atoms with Gasteiger partial charge in [0.2, 0.25) is 15.9 Å². The van der Waals surface area contributed by atoms with E-state index in [4.69, 9.17) is 4.98 Å². The van der Waals surface area contributed by atoms with Crippen molar-refractivity contribution < 1.29 is 13.2 Å². The van der Waals surface area contributed by atoms with Gasteiger partial charge in [-0.3, -0.25) is 4.79 Å². The Morgan fingerprint density at radius 3 is 2.42 bits per heavy atom. The number of aromatic nitrogens is 1. The Morgan fingerprint density at radius 2 is 1.76 bits per heavy atom. The number of carbonyl (C=O) groups excluding carboxylic acids is 1. The lowest BCUT2D eigenvalue weighted by Crippen LogP contribution is -2.43. The summed E-state index contributed by atoms with van der Waals surface area (Å²) >= 11 is 1.50. The minimum atomic E-state index is -3.29. The van der Waals surface area contributed by atoms with E-state index in [-0.39, 0.29) is 18.4 Å². The number of nitrogens with one attached hydrogen (secondary N) is 1. The van der Waals surface area contributed by atoms with E-state index < -0.39 is 10.0 Å². The lowest BCUT2D eigenvalue weighted by molar-refractivity contribution is -0.120. The molecule has 8 heteroatoms. The molecule has 1 unspecified atom stereocenters. The van der Waals surface area contributed by atoms with Crippen LogP contribution in [0.15, 0.2) is 54.6 Å². The fourth-order valence-electron chi connectivity index (χ4n) is 4.14. The number of piperidine rings is 1. The van der Waals surface area contributed by atoms with Crippen LogP contribution in [0.25, 0.3) is 22.4 Å². The first-order chi connectivity index (χ1) is 15.8. The highest BCUT2D eigenvalue weighted by Crippen LogP contribution is 2.34. The quantitative estimate of drug-likeness (QED) is 0.511. The van der Waals surface area contributed by atoms with Gasteiger partial charge in [0.25, 0.3) is 0 Å². The summed E-state index contributed by atoms with van der Waals surface area (Å²) in [6.45, 7) is 2.83. The zero-order valence-electron chi connectivity index (χ0n) is 19.0. The fourth-order valence-corrected chi connectivity index (χ4v) is 6.14. The van der Waals surface area contributed by atoms with Crippen LogP contribution in [0.4, 0.5) is 5.13 Å². The molecule has 6 nitrogen and oxygen atoms in total. The minimum absolute atomic E-state index is 0.161. The molecule has 174 valence electrons. The molecule has 1 saturated heterocycles. The number of anilines is 1. The lowest BCUT2D eigenvalue weighted by atomic mass is 9.99. The number of nitrogens with zero attached hydrogens (tertiary/aromatic N) is 2. The van der Waals surface area contributed by atoms with Gasteiger partial charge in [-0.05, 0) is 30.4 Å². The van der Waals surface area contributed by atoms with Crippen molar-refractivity contribution in [2.24, 2.45) is 5.92 Å². The van der Waals surface area contributed by atoms with Gasteiger partial charge in [0.1, 0.15) is 0 Å². The molecule has 0 spiro atoms. The van der Waals surface area contributed by atoms with Crippen molar-refractivity contribution in [2.45, 2.75) is 32.6 Å². The van der Waals surface area contributed by atoms with Crippen molar-refractivity contribution in [2.75, 3.05) is 24.7 Å². The number of amides is 1. The van der Waals surface area contributed by atoms with Crippen LogP contribution in [0.5, 0.6) is 0 Å². The van der Waals surface area contributed by atoms with E-state index in [0.29, 0.717) is 24.5 Å². The van der Waals surface area contributed by atoms with Gasteiger partial charge in [0.05, 0.1) is 17.9 Å². The second-order valence-electron chi connectivity index (χ2n) is 8.43. The second kappa shape index (κ2) is 10.2. The summed E-state index contributed by atoms with van der Waals surface area (Å²) in [5.41, 5.74) is 4.24. The van der Waals surface area contributed by atoms with E-state index in [1.54, 1.807) is 0 Å². The smallest absolute Gasteiger partial charge is 0.230 e. The molecule has 3 aromatic rings. The molecule has 2 heterocycles. The Labute approximate surface area is 199 Å². The summed E-state index contributed by atoms with van der Waals surface area (Å²) in [5, 5.41) is 3.53. The van der Waals surface area contributed by atoms with Gasteiger partial charge >= 0.3 is 0 Å². The van der Waals surface area contributed by atoms with Crippen molar-refractivity contribution in [3.05, 3.63) is 59.5 Å². The molecule has 4 rings (SSSR count). The third-order valence-electron chi connectivity index (χ3n) is 5.89. The van der Waals surface area contributed by atoms with Crippen molar-refractivity contribution >= 4 is 32.4 Å². The number of hydrogen-bond donors (Lipinski definition) is 1. The maximum absolute atomic E-state index is 12.9. The number of thiazole rings is 1. The first kappa shape index (κ1) is 23.6. The van der Waals surface area contributed by atoms with Gasteiger partial charge in [-0.2, -0.15) is 0 Å². The number of sulfonamides is 1. The molecule has 2 aromatic carbocycles. The average molecular weight is 484 g/mol. The van der Waals surface area contributed by atoms with Crippen molar-refractivity contribution in [3.63, 3.8) is 0 Å². The highest BCUT2D eigenvalue weighted by Gasteiger charge is 2.30. The van der Waals surface area contributed by atoms with Crippen LogP contribution in [-0.2, 0) is 21.2 Å². The number of carbonyl (C=O) groups is 1. The number of aryl methyl sites for hydroxylation is 1. The molecule has 0 bridgehead atoms. The van der Waals surface area contributed by atoms with Gasteiger partial charge in [-0.25, -0.2) is 17.7 Å². The van der Waals surface area contributed by atoms with Crippen molar-refractivity contribution in [3.8, 4) is 22.4 Å².